The maximum atomic E-state index is 13.2. The molecule has 0 aromatic rings. The minimum absolute atomic E-state index is 0.0443. The maximum Gasteiger partial charge on any atom is 0.310 e. The van der Waals surface area contributed by atoms with Crippen LogP contribution in [-0.4, -0.2) is 61.9 Å². The van der Waals surface area contributed by atoms with Gasteiger partial charge in [-0.25, -0.2) is 0 Å². The van der Waals surface area contributed by atoms with Gasteiger partial charge in [0, 0.05) is 25.2 Å². The molecule has 3 unspecified atom stereocenters. The van der Waals surface area contributed by atoms with Crippen LogP contribution in [0.15, 0.2) is 0 Å². The Bertz CT molecular complexity index is 1670. The Morgan fingerprint density at radius 1 is 0.481 bits per heavy atom. The molecule has 10 nitrogen and oxygen atoms in total. The highest BCUT2D eigenvalue weighted by atomic mass is 16.7. The Kier molecular flexibility index (Phi) is 36.4. The zero-order chi connectivity index (χ0) is 58.6. The number of fused-ring (bicyclic) bond motifs is 5. The molecule has 0 spiro atoms. The van der Waals surface area contributed by atoms with Gasteiger partial charge in [0.15, 0.2) is 12.9 Å². The standard InChI is InChI=1S/C71H126O10/c1-8-10-12-14-16-18-20-22-24-26-28-33-37-41-66(73)77-53-61(54-78-67(74)42-38-34-29-27-25-23-21-19-17-15-13-11-9-2)81-68(75)51-56(3)39-35-31-30-32-36-40-57(4)69(76)80-55-79-60-47-49-70(6)59(52-60)43-44-62-64-46-45-63(58(5)72)71(64,7)50-48-65(62)70/h56-57,59-65H,8-55H2,1-7H3/t56?,57?,59-,60?,62-,63+,64-,65-,70-,71+/m0/s1. The summed E-state index contributed by atoms with van der Waals surface area (Å²) in [5.74, 6) is 2.36. The van der Waals surface area contributed by atoms with Gasteiger partial charge in [-0.2, -0.15) is 0 Å². The first kappa shape index (κ1) is 71.0. The van der Waals surface area contributed by atoms with E-state index in [1.165, 1.54) is 167 Å². The van der Waals surface area contributed by atoms with Crippen molar-refractivity contribution < 1.29 is 47.7 Å². The average Bonchev–Trinajstić information content (AvgIpc) is 3.96. The van der Waals surface area contributed by atoms with Crippen molar-refractivity contribution in [2.45, 2.75) is 350 Å². The fourth-order valence-corrected chi connectivity index (χ4v) is 15.8. The molecule has 470 valence electrons. The van der Waals surface area contributed by atoms with E-state index >= 15 is 0 Å². The molecule has 4 fully saturated rings. The van der Waals surface area contributed by atoms with Crippen molar-refractivity contribution in [1.82, 2.24) is 0 Å². The van der Waals surface area contributed by atoms with Gasteiger partial charge in [0.05, 0.1) is 12.0 Å². The predicted octanol–water partition coefficient (Wildman–Crippen LogP) is 19.5. The Hall–Kier alpha value is -2.49. The lowest BCUT2D eigenvalue weighted by Gasteiger charge is -2.61. The molecule has 0 saturated heterocycles. The molecule has 4 rings (SSSR count). The summed E-state index contributed by atoms with van der Waals surface area (Å²) in [6.07, 6.45) is 49.9. The third kappa shape index (κ3) is 27.2. The van der Waals surface area contributed by atoms with E-state index in [9.17, 15) is 24.0 Å². The van der Waals surface area contributed by atoms with Crippen LogP contribution >= 0.6 is 0 Å². The van der Waals surface area contributed by atoms with E-state index in [1.54, 1.807) is 0 Å². The van der Waals surface area contributed by atoms with Crippen molar-refractivity contribution in [3.8, 4) is 0 Å². The molecule has 0 aliphatic heterocycles. The van der Waals surface area contributed by atoms with Crippen molar-refractivity contribution >= 4 is 29.7 Å². The van der Waals surface area contributed by atoms with E-state index in [1.807, 2.05) is 13.8 Å². The van der Waals surface area contributed by atoms with Gasteiger partial charge in [0.25, 0.3) is 0 Å². The van der Waals surface area contributed by atoms with Crippen LogP contribution in [0.5, 0.6) is 0 Å². The number of ketones is 1. The first-order valence-electron chi connectivity index (χ1n) is 35.0. The number of hydrogen-bond acceptors (Lipinski definition) is 10. The number of Topliss-reactive ketones (excluding diaryl/α,β-unsaturated/α-hetero) is 1. The highest BCUT2D eigenvalue weighted by Crippen LogP contribution is 2.67. The van der Waals surface area contributed by atoms with E-state index < -0.39 is 6.10 Å². The molecule has 10 atom stereocenters. The van der Waals surface area contributed by atoms with Crippen LogP contribution in [0.2, 0.25) is 0 Å². The second kappa shape index (κ2) is 41.5. The fraction of sp³-hybridized carbons (Fsp3) is 0.930. The maximum absolute atomic E-state index is 13.2. The third-order valence-electron chi connectivity index (χ3n) is 21.0. The normalized spacial score (nSPS) is 24.9. The Labute approximate surface area is 497 Å². The molecule has 0 radical (unpaired) electrons. The largest absolute Gasteiger partial charge is 0.462 e. The lowest BCUT2D eigenvalue weighted by atomic mass is 9.44. The van der Waals surface area contributed by atoms with Crippen LogP contribution in [-0.2, 0) is 47.7 Å². The smallest absolute Gasteiger partial charge is 0.310 e. The fourth-order valence-electron chi connectivity index (χ4n) is 15.8. The van der Waals surface area contributed by atoms with Gasteiger partial charge in [-0.05, 0) is 124 Å². The molecule has 10 heteroatoms. The number of rotatable bonds is 48. The summed E-state index contributed by atoms with van der Waals surface area (Å²) in [6.45, 7) is 15.2. The lowest BCUT2D eigenvalue weighted by Crippen LogP contribution is -2.54. The quantitative estimate of drug-likeness (QED) is 0.0251. The molecular weight excluding hydrogens is 1010 g/mol. The zero-order valence-corrected chi connectivity index (χ0v) is 53.7. The van der Waals surface area contributed by atoms with Crippen molar-refractivity contribution in [2.75, 3.05) is 20.0 Å². The highest BCUT2D eigenvalue weighted by molar-refractivity contribution is 5.79. The molecule has 0 N–H and O–H groups in total. The Morgan fingerprint density at radius 3 is 1.44 bits per heavy atom. The monoisotopic (exact) mass is 1140 g/mol. The molecule has 4 aliphatic rings. The summed E-state index contributed by atoms with van der Waals surface area (Å²) >= 11 is 0. The van der Waals surface area contributed by atoms with Gasteiger partial charge < -0.3 is 23.7 Å². The molecule has 0 aromatic carbocycles. The van der Waals surface area contributed by atoms with E-state index in [0.717, 1.165) is 115 Å². The number of hydrogen-bond donors (Lipinski definition) is 0. The molecule has 0 amide bonds. The SMILES string of the molecule is CCCCCCCCCCCCCCCC(=O)OCC(COC(=O)CCCCCCCCCCCCCCC)OC(=O)CC(C)CCCCCCCC(C)C(=O)OCOC1CC[C@@]2(C)[C@@H](CC[C@@H]3[C@@H]2CC[C@]2(C)[C@@H](C(C)=O)CC[C@@H]32)C1. The van der Waals surface area contributed by atoms with Gasteiger partial charge in [-0.3, -0.25) is 24.0 Å². The summed E-state index contributed by atoms with van der Waals surface area (Å²) in [4.78, 5) is 64.3. The Morgan fingerprint density at radius 2 is 0.938 bits per heavy atom. The van der Waals surface area contributed by atoms with Gasteiger partial charge in [0.2, 0.25) is 0 Å². The molecule has 0 bridgehead atoms. The van der Waals surface area contributed by atoms with Gasteiger partial charge >= 0.3 is 23.9 Å². The van der Waals surface area contributed by atoms with Crippen LogP contribution in [0.1, 0.15) is 337 Å². The van der Waals surface area contributed by atoms with E-state index in [4.69, 9.17) is 23.7 Å². The van der Waals surface area contributed by atoms with Crippen LogP contribution < -0.4 is 0 Å². The third-order valence-corrected chi connectivity index (χ3v) is 21.0. The minimum atomic E-state index is -0.826. The number of carbonyl (C=O) groups is 5. The number of esters is 4. The van der Waals surface area contributed by atoms with E-state index in [0.29, 0.717) is 35.9 Å². The van der Waals surface area contributed by atoms with Crippen molar-refractivity contribution in [3.05, 3.63) is 0 Å². The lowest BCUT2D eigenvalue weighted by molar-refractivity contribution is -0.177. The van der Waals surface area contributed by atoms with E-state index in [2.05, 4.69) is 34.6 Å². The minimum Gasteiger partial charge on any atom is -0.462 e. The molecule has 4 saturated carbocycles. The van der Waals surface area contributed by atoms with Crippen molar-refractivity contribution in [3.63, 3.8) is 0 Å². The molecule has 4 aliphatic carbocycles. The van der Waals surface area contributed by atoms with Gasteiger partial charge in [0.1, 0.15) is 19.0 Å². The predicted molar refractivity (Wildman–Crippen MR) is 329 cm³/mol. The molecule has 0 heterocycles. The van der Waals surface area contributed by atoms with Gasteiger partial charge in [-0.1, -0.05) is 234 Å². The van der Waals surface area contributed by atoms with Crippen molar-refractivity contribution in [1.29, 1.82) is 0 Å². The second-order valence-electron chi connectivity index (χ2n) is 27.6. The van der Waals surface area contributed by atoms with Crippen LogP contribution in [0.4, 0.5) is 0 Å². The van der Waals surface area contributed by atoms with Crippen LogP contribution in [0.25, 0.3) is 0 Å². The van der Waals surface area contributed by atoms with Crippen LogP contribution in [0, 0.1) is 52.3 Å². The number of carbonyl (C=O) groups excluding carboxylic acids is 5. The van der Waals surface area contributed by atoms with Crippen LogP contribution in [0.3, 0.4) is 0 Å². The molecular formula is C71H126O10. The molecule has 0 aromatic heterocycles. The first-order chi connectivity index (χ1) is 39.2. The summed E-state index contributed by atoms with van der Waals surface area (Å²) in [6, 6.07) is 0. The summed E-state index contributed by atoms with van der Waals surface area (Å²) in [5.41, 5.74) is 0.543. The van der Waals surface area contributed by atoms with Crippen molar-refractivity contribution in [2.24, 2.45) is 52.3 Å². The van der Waals surface area contributed by atoms with E-state index in [-0.39, 0.29) is 79.6 Å². The summed E-state index contributed by atoms with van der Waals surface area (Å²) in [5, 5.41) is 0. The highest BCUT2D eigenvalue weighted by Gasteiger charge is 2.61. The zero-order valence-electron chi connectivity index (χ0n) is 53.7. The Balaban J connectivity index is 1.05. The second-order valence-corrected chi connectivity index (χ2v) is 27.6. The number of unbranched alkanes of at least 4 members (excludes halogenated alkanes) is 28. The topological polar surface area (TPSA) is 132 Å². The summed E-state index contributed by atoms with van der Waals surface area (Å²) in [7, 11) is 0. The number of ether oxygens (including phenoxy) is 5. The average molecular weight is 1140 g/mol. The molecule has 81 heavy (non-hydrogen) atoms. The summed E-state index contributed by atoms with van der Waals surface area (Å²) < 4.78 is 29.0. The first-order valence-corrected chi connectivity index (χ1v) is 35.0. The van der Waals surface area contributed by atoms with Gasteiger partial charge in [-0.15, -0.1) is 0 Å².